The zero-order valence-electron chi connectivity index (χ0n) is 16.8. The number of nitrogens with zero attached hydrogens (tertiary/aromatic N) is 5. The molecule has 1 aromatic heterocycles. The maximum Gasteiger partial charge on any atom is 0.407 e. The van der Waals surface area contributed by atoms with E-state index >= 15 is 0 Å². The van der Waals surface area contributed by atoms with Crippen molar-refractivity contribution in [2.45, 2.75) is 25.4 Å². The van der Waals surface area contributed by atoms with Gasteiger partial charge in [-0.05, 0) is 24.5 Å². The van der Waals surface area contributed by atoms with Gasteiger partial charge in [0.25, 0.3) is 5.69 Å². The van der Waals surface area contributed by atoms with Crippen LogP contribution in [-0.4, -0.2) is 63.1 Å². The molecule has 2 aliphatic rings. The summed E-state index contributed by atoms with van der Waals surface area (Å²) in [4.78, 5) is 46.2. The first-order chi connectivity index (χ1) is 14.8. The number of carbonyl (C=O) groups excluding carboxylic acids is 1. The van der Waals surface area contributed by atoms with Gasteiger partial charge in [0.15, 0.2) is 0 Å². The molecule has 1 fully saturated rings. The Labute approximate surface area is 177 Å². The Balaban J connectivity index is 1.51. The predicted octanol–water partition coefficient (Wildman–Crippen LogP) is 2.59. The van der Waals surface area contributed by atoms with Gasteiger partial charge >= 0.3 is 12.1 Å². The van der Waals surface area contributed by atoms with Crippen LogP contribution in [0.25, 0.3) is 0 Å². The normalized spacial score (nSPS) is 20.3. The average Bonchev–Trinajstić information content (AvgIpc) is 3.09. The minimum Gasteiger partial charge on any atom is -0.465 e. The number of piperazine rings is 1. The number of carboxylic acid groups (broad SMARTS) is 1. The lowest BCUT2D eigenvalue weighted by Gasteiger charge is -2.35. The highest BCUT2D eigenvalue weighted by Crippen LogP contribution is 2.45. The number of anilines is 1. The smallest absolute Gasteiger partial charge is 0.407 e. The van der Waals surface area contributed by atoms with Crippen molar-refractivity contribution in [3.63, 3.8) is 0 Å². The molecule has 0 radical (unpaired) electrons. The van der Waals surface area contributed by atoms with Gasteiger partial charge in [-0.2, -0.15) is 0 Å². The van der Waals surface area contributed by atoms with Crippen molar-refractivity contribution in [2.75, 3.05) is 31.1 Å². The maximum atomic E-state index is 12.6. The van der Waals surface area contributed by atoms with Crippen LogP contribution in [-0.2, 0) is 4.74 Å². The van der Waals surface area contributed by atoms with Crippen LogP contribution in [0, 0.1) is 10.1 Å². The number of hydrogen-bond acceptors (Lipinski definition) is 8. The summed E-state index contributed by atoms with van der Waals surface area (Å²) < 4.78 is 5.68. The van der Waals surface area contributed by atoms with E-state index < -0.39 is 23.1 Å². The van der Waals surface area contributed by atoms with Gasteiger partial charge in [0.05, 0.1) is 16.2 Å². The molecule has 11 heteroatoms. The molecule has 2 heterocycles. The highest BCUT2D eigenvalue weighted by molar-refractivity contribution is 5.89. The summed E-state index contributed by atoms with van der Waals surface area (Å²) in [7, 11) is 0. The second-order valence-electron chi connectivity index (χ2n) is 7.59. The Morgan fingerprint density at radius 2 is 1.84 bits per heavy atom. The van der Waals surface area contributed by atoms with Crippen molar-refractivity contribution in [3.8, 4) is 0 Å². The van der Waals surface area contributed by atoms with E-state index in [9.17, 15) is 19.7 Å². The molecule has 1 aromatic carbocycles. The molecule has 0 bridgehead atoms. The Bertz CT molecular complexity index is 1020. The van der Waals surface area contributed by atoms with E-state index in [-0.39, 0.29) is 17.2 Å². The molecule has 4 rings (SSSR count). The van der Waals surface area contributed by atoms with Gasteiger partial charge in [-0.1, -0.05) is 6.92 Å². The number of aromatic nitrogens is 2. The zero-order valence-corrected chi connectivity index (χ0v) is 16.8. The number of nitro benzene ring substituents is 1. The minimum atomic E-state index is -0.931. The Kier molecular flexibility index (Phi) is 5.40. The quantitative estimate of drug-likeness (QED) is 0.443. The minimum absolute atomic E-state index is 0.0540. The maximum absolute atomic E-state index is 12.6. The van der Waals surface area contributed by atoms with Crippen LogP contribution in [0.2, 0.25) is 0 Å². The van der Waals surface area contributed by atoms with Gasteiger partial charge in [-0.25, -0.2) is 19.6 Å². The predicted molar refractivity (Wildman–Crippen MR) is 108 cm³/mol. The monoisotopic (exact) mass is 427 g/mol. The summed E-state index contributed by atoms with van der Waals surface area (Å²) in [5, 5.41) is 19.9. The Morgan fingerprint density at radius 3 is 2.45 bits per heavy atom. The molecule has 1 N–H and O–H groups in total. The summed E-state index contributed by atoms with van der Waals surface area (Å²) in [5.41, 5.74) is 1.68. The van der Waals surface area contributed by atoms with E-state index in [1.165, 1.54) is 35.5 Å². The van der Waals surface area contributed by atoms with Gasteiger partial charge in [-0.15, -0.1) is 0 Å². The lowest BCUT2D eigenvalue weighted by atomic mass is 10.1. The number of ether oxygens (including phenoxy) is 1. The standard InChI is InChI=1S/C20H21N5O6/c1-12-10-15(31-19(26)13-2-4-14(5-3-13)25(29)30)17-16(12)18(22-11-21-17)23-6-8-24(9-7-23)20(27)28/h2-5,11-12,15H,6-10H2,1H3,(H,27,28)/t12-,15+/m1/s1. The summed E-state index contributed by atoms with van der Waals surface area (Å²) in [6.07, 6.45) is 0.506. The van der Waals surface area contributed by atoms with Crippen molar-refractivity contribution in [2.24, 2.45) is 0 Å². The molecule has 0 spiro atoms. The molecule has 0 unspecified atom stereocenters. The lowest BCUT2D eigenvalue weighted by molar-refractivity contribution is -0.384. The number of rotatable bonds is 4. The number of amides is 1. The molecule has 11 nitrogen and oxygen atoms in total. The van der Waals surface area contributed by atoms with Crippen LogP contribution < -0.4 is 4.90 Å². The van der Waals surface area contributed by atoms with Gasteiger partial charge < -0.3 is 19.6 Å². The summed E-state index contributed by atoms with van der Waals surface area (Å²) in [5.74, 6) is 0.227. The van der Waals surface area contributed by atoms with Crippen LogP contribution in [0.4, 0.5) is 16.3 Å². The topological polar surface area (TPSA) is 139 Å². The Hall–Kier alpha value is -3.76. The zero-order chi connectivity index (χ0) is 22.1. The van der Waals surface area contributed by atoms with Crippen LogP contribution in [0.5, 0.6) is 0 Å². The molecule has 2 aromatic rings. The second kappa shape index (κ2) is 8.17. The third kappa shape index (κ3) is 3.98. The van der Waals surface area contributed by atoms with Crippen molar-refractivity contribution < 1.29 is 24.4 Å². The highest BCUT2D eigenvalue weighted by Gasteiger charge is 2.37. The van der Waals surface area contributed by atoms with E-state index in [2.05, 4.69) is 9.97 Å². The first kappa shape index (κ1) is 20.5. The lowest BCUT2D eigenvalue weighted by Crippen LogP contribution is -2.48. The largest absolute Gasteiger partial charge is 0.465 e. The SMILES string of the molecule is C[C@@H]1C[C@H](OC(=O)c2ccc([N+](=O)[O-])cc2)c2ncnc(N3CCN(C(=O)O)CC3)c21. The number of carbonyl (C=O) groups is 2. The van der Waals surface area contributed by atoms with E-state index in [1.807, 2.05) is 11.8 Å². The van der Waals surface area contributed by atoms with E-state index in [4.69, 9.17) is 9.84 Å². The number of fused-ring (bicyclic) bond motifs is 1. The molecular weight excluding hydrogens is 406 g/mol. The number of benzene rings is 1. The van der Waals surface area contributed by atoms with Crippen LogP contribution in [0.1, 0.15) is 47.0 Å². The molecule has 31 heavy (non-hydrogen) atoms. The fourth-order valence-electron chi connectivity index (χ4n) is 4.06. The van der Waals surface area contributed by atoms with Crippen molar-refractivity contribution in [3.05, 3.63) is 57.5 Å². The van der Waals surface area contributed by atoms with E-state index in [0.29, 0.717) is 38.3 Å². The molecule has 1 aliphatic heterocycles. The average molecular weight is 427 g/mol. The van der Waals surface area contributed by atoms with Crippen LogP contribution in [0.15, 0.2) is 30.6 Å². The highest BCUT2D eigenvalue weighted by atomic mass is 16.6. The molecule has 0 saturated carbocycles. The molecule has 162 valence electrons. The third-order valence-corrected chi connectivity index (χ3v) is 5.67. The third-order valence-electron chi connectivity index (χ3n) is 5.67. The number of hydrogen-bond donors (Lipinski definition) is 1. The fourth-order valence-corrected chi connectivity index (χ4v) is 4.06. The van der Waals surface area contributed by atoms with Gasteiger partial charge in [-0.3, -0.25) is 10.1 Å². The number of nitro groups is 1. The van der Waals surface area contributed by atoms with Crippen molar-refractivity contribution in [1.29, 1.82) is 0 Å². The first-order valence-electron chi connectivity index (χ1n) is 9.88. The van der Waals surface area contributed by atoms with E-state index in [1.54, 1.807) is 0 Å². The number of esters is 1. The summed E-state index contributed by atoms with van der Waals surface area (Å²) in [6, 6.07) is 5.26. The van der Waals surface area contributed by atoms with Crippen LogP contribution >= 0.6 is 0 Å². The molecular formula is C20H21N5O6. The van der Waals surface area contributed by atoms with Gasteiger partial charge in [0, 0.05) is 43.9 Å². The van der Waals surface area contributed by atoms with Crippen molar-refractivity contribution in [1.82, 2.24) is 14.9 Å². The van der Waals surface area contributed by atoms with Crippen LogP contribution in [0.3, 0.4) is 0 Å². The van der Waals surface area contributed by atoms with Crippen molar-refractivity contribution >= 4 is 23.6 Å². The summed E-state index contributed by atoms with van der Waals surface area (Å²) >= 11 is 0. The Morgan fingerprint density at radius 1 is 1.16 bits per heavy atom. The first-order valence-corrected chi connectivity index (χ1v) is 9.88. The molecule has 1 saturated heterocycles. The molecule has 2 atom stereocenters. The number of non-ortho nitro benzene ring substituents is 1. The summed E-state index contributed by atoms with van der Waals surface area (Å²) in [6.45, 7) is 3.84. The molecule has 1 aliphatic carbocycles. The molecule has 1 amide bonds. The van der Waals surface area contributed by atoms with Gasteiger partial charge in [0.2, 0.25) is 0 Å². The van der Waals surface area contributed by atoms with E-state index in [0.717, 1.165) is 11.4 Å². The second-order valence-corrected chi connectivity index (χ2v) is 7.59. The fraction of sp³-hybridized carbons (Fsp3) is 0.400. The van der Waals surface area contributed by atoms with Gasteiger partial charge in [0.1, 0.15) is 18.2 Å².